The Morgan fingerprint density at radius 2 is 1.30 bits per heavy atom. The number of halogens is 2. The van der Waals surface area contributed by atoms with Gasteiger partial charge < -0.3 is 9.13 Å². The van der Waals surface area contributed by atoms with Crippen molar-refractivity contribution in [1.82, 2.24) is 33.8 Å². The number of fused-ring (bicyclic) bond motifs is 2. The lowest BCUT2D eigenvalue weighted by Gasteiger charge is -2.08. The number of nitrogens with zero attached hydrogens (tertiary/aromatic N) is 6. The first-order valence-electron chi connectivity index (χ1n) is 13.1. The Morgan fingerprint density at radius 3 is 1.84 bits per heavy atom. The number of sulfonamides is 1. The van der Waals surface area contributed by atoms with Crippen LogP contribution in [0.5, 0.6) is 0 Å². The average Bonchev–Trinajstić information content (AvgIpc) is 3.52. The molecule has 43 heavy (non-hydrogen) atoms. The smallest absolute Gasteiger partial charge is 0.211 e. The zero-order valence-corrected chi connectivity index (χ0v) is 25.8. The first-order chi connectivity index (χ1) is 20.6. The summed E-state index contributed by atoms with van der Waals surface area (Å²) in [6, 6.07) is 11.4. The fraction of sp³-hybridized carbons (Fsp3) is 0.167. The predicted molar refractivity (Wildman–Crippen MR) is 170 cm³/mol. The molecule has 0 aliphatic heterocycles. The number of hydrogen-bond acceptors (Lipinski definition) is 7. The molecule has 10 nitrogen and oxygen atoms in total. The Labute approximate surface area is 258 Å². The number of nitrogens with one attached hydrogen (secondary N) is 1. The van der Waals surface area contributed by atoms with Gasteiger partial charge in [0, 0.05) is 85.3 Å². The van der Waals surface area contributed by atoms with Crippen LogP contribution in [-0.4, -0.2) is 49.5 Å². The number of carbonyl (C=O) groups is 1. The van der Waals surface area contributed by atoms with Gasteiger partial charge in [-0.1, -0.05) is 23.2 Å². The molecule has 1 N–H and O–H groups in total. The van der Waals surface area contributed by atoms with Crippen LogP contribution in [0.1, 0.15) is 22.8 Å². The molecule has 0 amide bonds. The molecular formula is C30H27Cl2N7O3S. The summed E-state index contributed by atoms with van der Waals surface area (Å²) >= 11 is 11.9. The number of hydrogen-bond donors (Lipinski definition) is 1. The molecule has 0 fully saturated rings. The molecule has 220 valence electrons. The maximum absolute atomic E-state index is 11.6. The van der Waals surface area contributed by atoms with Crippen molar-refractivity contribution in [2.75, 3.05) is 5.75 Å². The molecule has 0 aliphatic rings. The Balaban J connectivity index is 0.000000176. The lowest BCUT2D eigenvalue weighted by atomic mass is 10.1. The van der Waals surface area contributed by atoms with E-state index in [0.717, 1.165) is 56.2 Å². The third-order valence-electron chi connectivity index (χ3n) is 6.95. The molecule has 0 atom stereocenters. The second kappa shape index (κ2) is 12.6. The molecule has 0 radical (unpaired) electrons. The van der Waals surface area contributed by atoms with E-state index >= 15 is 0 Å². The first-order valence-corrected chi connectivity index (χ1v) is 15.5. The Bertz CT molecular complexity index is 2070. The number of carbonyl (C=O) groups excluding carboxylic acids is 1. The third-order valence-corrected chi connectivity index (χ3v) is 8.70. The number of aryl methyl sites for hydroxylation is 2. The van der Waals surface area contributed by atoms with Gasteiger partial charge >= 0.3 is 0 Å². The fourth-order valence-electron chi connectivity index (χ4n) is 4.65. The number of aromatic nitrogens is 6. The third kappa shape index (κ3) is 6.75. The van der Waals surface area contributed by atoms with E-state index in [-0.39, 0.29) is 12.3 Å². The molecule has 0 aliphatic carbocycles. The average molecular weight is 637 g/mol. The van der Waals surface area contributed by atoms with Crippen molar-refractivity contribution < 1.29 is 13.2 Å². The molecule has 0 aromatic carbocycles. The van der Waals surface area contributed by atoms with Gasteiger partial charge in [0.15, 0.2) is 6.29 Å². The Morgan fingerprint density at radius 1 is 0.767 bits per heavy atom. The maximum Gasteiger partial charge on any atom is 0.211 e. The molecule has 6 aromatic rings. The van der Waals surface area contributed by atoms with Crippen LogP contribution in [0.2, 0.25) is 10.3 Å². The monoisotopic (exact) mass is 635 g/mol. The molecule has 0 unspecified atom stereocenters. The highest BCUT2D eigenvalue weighted by molar-refractivity contribution is 7.89. The van der Waals surface area contributed by atoms with Gasteiger partial charge in [-0.05, 0) is 48.9 Å². The molecule has 0 bridgehead atoms. The summed E-state index contributed by atoms with van der Waals surface area (Å²) in [7, 11) is 0.656. The van der Waals surface area contributed by atoms with E-state index in [9.17, 15) is 13.2 Å². The van der Waals surface area contributed by atoms with Gasteiger partial charge in [0.25, 0.3) is 0 Å². The maximum atomic E-state index is 11.6. The van der Waals surface area contributed by atoms with Crippen LogP contribution >= 0.6 is 23.2 Å². The summed E-state index contributed by atoms with van der Waals surface area (Å²) in [5.41, 5.74) is 7.04. The SMILES string of the molecule is CCS(=O)(=O)NCc1cncc(-c2cc3cnc(Cl)cc3n2C)c1.Cn1c(-c2cncc(C=O)c2)cc2cnc(Cl)cc21. The van der Waals surface area contributed by atoms with Crippen LogP contribution in [0, 0.1) is 0 Å². The van der Waals surface area contributed by atoms with Gasteiger partial charge in [-0.3, -0.25) is 14.8 Å². The van der Waals surface area contributed by atoms with Gasteiger partial charge in [-0.15, -0.1) is 0 Å². The first kappa shape index (κ1) is 30.3. The second-order valence-corrected chi connectivity index (χ2v) is 12.6. The highest BCUT2D eigenvalue weighted by Gasteiger charge is 2.12. The molecule has 0 spiro atoms. The Kier molecular flexibility index (Phi) is 8.88. The standard InChI is InChI=1S/C16H17ClN4O2S.C14H10ClN3O/c1-3-24(22,23)20-8-11-4-12(9-18-7-11)14-5-13-10-19-16(17)6-15(13)21(14)2;1-18-12(10-2-9(8-19)5-16-6-10)3-11-7-17-14(15)4-13(11)18/h4-7,9-10,20H,3,8H2,1-2H3;2-8H,1H3. The van der Waals surface area contributed by atoms with Gasteiger partial charge in [-0.25, -0.2) is 23.1 Å². The number of aldehydes is 1. The van der Waals surface area contributed by atoms with Crippen LogP contribution < -0.4 is 4.72 Å². The second-order valence-electron chi connectivity index (χ2n) is 9.74. The minimum Gasteiger partial charge on any atom is -0.343 e. The van der Waals surface area contributed by atoms with E-state index in [1.807, 2.05) is 59.6 Å². The van der Waals surface area contributed by atoms with Gasteiger partial charge in [0.05, 0.1) is 28.2 Å². The lowest BCUT2D eigenvalue weighted by Crippen LogP contribution is -2.24. The normalized spacial score (nSPS) is 11.5. The van der Waals surface area contributed by atoms with Crippen molar-refractivity contribution in [2.45, 2.75) is 13.5 Å². The number of pyridine rings is 4. The zero-order chi connectivity index (χ0) is 30.7. The predicted octanol–water partition coefficient (Wildman–Crippen LogP) is 5.83. The topological polar surface area (TPSA) is 125 Å². The van der Waals surface area contributed by atoms with E-state index in [1.54, 1.807) is 37.9 Å². The lowest BCUT2D eigenvalue weighted by molar-refractivity contribution is 0.112. The van der Waals surface area contributed by atoms with Crippen molar-refractivity contribution in [3.05, 3.63) is 95.0 Å². The summed E-state index contributed by atoms with van der Waals surface area (Å²) in [5.74, 6) is 0.0527. The largest absolute Gasteiger partial charge is 0.343 e. The molecule has 13 heteroatoms. The van der Waals surface area contributed by atoms with Gasteiger partial charge in [0.1, 0.15) is 10.3 Å². The van der Waals surface area contributed by atoms with E-state index in [0.29, 0.717) is 15.9 Å². The molecule has 6 rings (SSSR count). The van der Waals surface area contributed by atoms with Crippen LogP contribution in [0.25, 0.3) is 44.3 Å². The highest BCUT2D eigenvalue weighted by Crippen LogP contribution is 2.29. The minimum absolute atomic E-state index is 0.0527. The van der Waals surface area contributed by atoms with Crippen LogP contribution in [-0.2, 0) is 30.7 Å². The highest BCUT2D eigenvalue weighted by atomic mass is 35.5. The van der Waals surface area contributed by atoms with Crippen molar-refractivity contribution in [3.63, 3.8) is 0 Å². The molecule has 0 saturated carbocycles. The van der Waals surface area contributed by atoms with Crippen LogP contribution in [0.15, 0.2) is 73.6 Å². The van der Waals surface area contributed by atoms with Gasteiger partial charge in [0.2, 0.25) is 10.0 Å². The molecule has 0 saturated heterocycles. The summed E-state index contributed by atoms with van der Waals surface area (Å²) in [4.78, 5) is 27.3. The summed E-state index contributed by atoms with van der Waals surface area (Å²) in [6.07, 6.45) is 10.9. The molecular weight excluding hydrogens is 609 g/mol. The zero-order valence-electron chi connectivity index (χ0n) is 23.5. The molecule has 6 aromatic heterocycles. The van der Waals surface area contributed by atoms with Gasteiger partial charge in [-0.2, -0.15) is 0 Å². The van der Waals surface area contributed by atoms with Crippen molar-refractivity contribution >= 4 is 61.3 Å². The number of rotatable bonds is 7. The van der Waals surface area contributed by atoms with Crippen LogP contribution in [0.4, 0.5) is 0 Å². The van der Waals surface area contributed by atoms with E-state index in [2.05, 4.69) is 24.7 Å². The summed E-state index contributed by atoms with van der Waals surface area (Å²) in [5, 5.41) is 2.88. The van der Waals surface area contributed by atoms with Crippen molar-refractivity contribution in [3.8, 4) is 22.5 Å². The van der Waals surface area contributed by atoms with E-state index < -0.39 is 10.0 Å². The quantitative estimate of drug-likeness (QED) is 0.173. The van der Waals surface area contributed by atoms with E-state index in [4.69, 9.17) is 23.2 Å². The Hall–Kier alpha value is -4.16. The molecule has 6 heterocycles. The summed E-state index contributed by atoms with van der Waals surface area (Å²) in [6.45, 7) is 1.82. The van der Waals surface area contributed by atoms with Crippen molar-refractivity contribution in [2.24, 2.45) is 14.1 Å². The van der Waals surface area contributed by atoms with E-state index in [1.165, 1.54) is 6.20 Å². The summed E-state index contributed by atoms with van der Waals surface area (Å²) < 4.78 is 29.7. The van der Waals surface area contributed by atoms with Crippen LogP contribution in [0.3, 0.4) is 0 Å². The van der Waals surface area contributed by atoms with Crippen molar-refractivity contribution in [1.29, 1.82) is 0 Å². The fourth-order valence-corrected chi connectivity index (χ4v) is 5.54. The minimum atomic E-state index is -3.23.